The molecule has 0 saturated carbocycles. The summed E-state index contributed by atoms with van der Waals surface area (Å²) >= 11 is 0. The highest BCUT2D eigenvalue weighted by molar-refractivity contribution is 5.98. The molecule has 82 valence electrons. The van der Waals surface area contributed by atoms with Crippen LogP contribution in [0.1, 0.15) is 21.5 Å². The van der Waals surface area contributed by atoms with E-state index in [0.29, 0.717) is 0 Å². The molecule has 0 aliphatic rings. The van der Waals surface area contributed by atoms with Gasteiger partial charge in [0.15, 0.2) is 0 Å². The number of rotatable bonds is 1. The smallest absolute Gasteiger partial charge is 0.339 e. The summed E-state index contributed by atoms with van der Waals surface area (Å²) in [5.41, 5.74) is 8.57. The molecule has 0 unspecified atom stereocenters. The molecule has 0 atom stereocenters. The Morgan fingerprint density at radius 1 is 1.38 bits per heavy atom. The molecule has 1 heterocycles. The molecule has 0 radical (unpaired) electrons. The predicted octanol–water partition coefficient (Wildman–Crippen LogP) is 2.13. The van der Waals surface area contributed by atoms with Gasteiger partial charge in [-0.1, -0.05) is 12.1 Å². The van der Waals surface area contributed by atoms with Gasteiger partial charge in [0.05, 0.1) is 5.52 Å². The number of hydrogen-bond acceptors (Lipinski definition) is 3. The number of benzene rings is 1. The summed E-state index contributed by atoms with van der Waals surface area (Å²) in [6, 6.07) is 5.37. The first-order valence-corrected chi connectivity index (χ1v) is 4.90. The second-order valence-electron chi connectivity index (χ2n) is 3.81. The van der Waals surface area contributed by atoms with Crippen LogP contribution in [0, 0.1) is 13.8 Å². The Hall–Kier alpha value is -2.10. The lowest BCUT2D eigenvalue weighted by Gasteiger charge is -2.07. The van der Waals surface area contributed by atoms with E-state index in [1.807, 2.05) is 26.0 Å². The van der Waals surface area contributed by atoms with E-state index in [9.17, 15) is 4.79 Å². The van der Waals surface area contributed by atoms with Crippen LogP contribution in [-0.2, 0) is 0 Å². The zero-order valence-corrected chi connectivity index (χ0v) is 9.11. The van der Waals surface area contributed by atoms with Crippen molar-refractivity contribution in [2.24, 2.45) is 0 Å². The summed E-state index contributed by atoms with van der Waals surface area (Å²) in [7, 11) is 0. The van der Waals surface area contributed by atoms with Crippen LogP contribution < -0.4 is 5.73 Å². The fraction of sp³-hybridized carbons (Fsp3) is 0.167. The highest BCUT2D eigenvalue weighted by Crippen LogP contribution is 2.23. The second-order valence-corrected chi connectivity index (χ2v) is 3.81. The number of carboxylic acids is 1. The highest BCUT2D eigenvalue weighted by atomic mass is 16.4. The van der Waals surface area contributed by atoms with Crippen molar-refractivity contribution in [3.8, 4) is 0 Å². The SMILES string of the molecule is Cc1ccc2cc(C(=O)O)c(N)nc2c1C. The Kier molecular flexibility index (Phi) is 2.27. The standard InChI is InChI=1S/C12H12N2O2/c1-6-3-4-8-5-9(12(15)16)11(13)14-10(8)7(6)2/h3-5H,1-2H3,(H2,13,14)(H,15,16). The first-order valence-electron chi connectivity index (χ1n) is 4.90. The van der Waals surface area contributed by atoms with Gasteiger partial charge in [-0.05, 0) is 31.0 Å². The van der Waals surface area contributed by atoms with Crippen LogP contribution in [0.3, 0.4) is 0 Å². The number of nitrogen functional groups attached to an aromatic ring is 1. The molecule has 4 heteroatoms. The fourth-order valence-corrected chi connectivity index (χ4v) is 1.67. The molecule has 4 nitrogen and oxygen atoms in total. The van der Waals surface area contributed by atoms with Gasteiger partial charge in [-0.3, -0.25) is 0 Å². The Bertz CT molecular complexity index is 591. The minimum Gasteiger partial charge on any atom is -0.478 e. The number of hydrogen-bond donors (Lipinski definition) is 2. The molecule has 0 aliphatic carbocycles. The molecule has 0 aliphatic heterocycles. The summed E-state index contributed by atoms with van der Waals surface area (Å²) < 4.78 is 0. The van der Waals surface area contributed by atoms with Crippen molar-refractivity contribution < 1.29 is 9.90 Å². The van der Waals surface area contributed by atoms with Gasteiger partial charge in [-0.2, -0.15) is 0 Å². The van der Waals surface area contributed by atoms with Crippen molar-refractivity contribution in [2.75, 3.05) is 5.73 Å². The van der Waals surface area contributed by atoms with Crippen LogP contribution in [0.25, 0.3) is 10.9 Å². The first-order chi connectivity index (χ1) is 7.50. The van der Waals surface area contributed by atoms with Gasteiger partial charge in [-0.15, -0.1) is 0 Å². The number of carboxylic acid groups (broad SMARTS) is 1. The van der Waals surface area contributed by atoms with E-state index in [-0.39, 0.29) is 11.4 Å². The van der Waals surface area contributed by atoms with E-state index < -0.39 is 5.97 Å². The molecule has 0 spiro atoms. The molecule has 0 amide bonds. The molecule has 1 aromatic heterocycles. The van der Waals surface area contributed by atoms with E-state index in [4.69, 9.17) is 10.8 Å². The number of nitrogens with two attached hydrogens (primary N) is 1. The van der Waals surface area contributed by atoms with E-state index in [0.717, 1.165) is 22.0 Å². The van der Waals surface area contributed by atoms with Gasteiger partial charge < -0.3 is 10.8 Å². The van der Waals surface area contributed by atoms with E-state index in [2.05, 4.69) is 4.98 Å². The number of aromatic nitrogens is 1. The van der Waals surface area contributed by atoms with E-state index >= 15 is 0 Å². The Morgan fingerprint density at radius 3 is 2.69 bits per heavy atom. The molecular formula is C12H12N2O2. The van der Waals surface area contributed by atoms with Crippen molar-refractivity contribution in [2.45, 2.75) is 13.8 Å². The van der Waals surface area contributed by atoms with Crippen LogP contribution in [0.4, 0.5) is 5.82 Å². The second kappa shape index (κ2) is 3.48. The van der Waals surface area contributed by atoms with Gasteiger partial charge in [0.25, 0.3) is 0 Å². The number of fused-ring (bicyclic) bond motifs is 1. The van der Waals surface area contributed by atoms with Crippen LogP contribution >= 0.6 is 0 Å². The van der Waals surface area contributed by atoms with Crippen molar-refractivity contribution in [3.63, 3.8) is 0 Å². The van der Waals surface area contributed by atoms with Crippen LogP contribution in [0.5, 0.6) is 0 Å². The molecule has 1 aromatic carbocycles. The quantitative estimate of drug-likeness (QED) is 0.765. The summed E-state index contributed by atoms with van der Waals surface area (Å²) in [5, 5.41) is 9.73. The van der Waals surface area contributed by atoms with E-state index in [1.54, 1.807) is 6.07 Å². The number of carbonyl (C=O) groups is 1. The third-order valence-electron chi connectivity index (χ3n) is 2.77. The fourth-order valence-electron chi connectivity index (χ4n) is 1.67. The molecule has 0 fully saturated rings. The zero-order valence-electron chi connectivity index (χ0n) is 9.11. The maximum Gasteiger partial charge on any atom is 0.339 e. The van der Waals surface area contributed by atoms with Crippen LogP contribution in [0.15, 0.2) is 18.2 Å². The number of nitrogens with zero attached hydrogens (tertiary/aromatic N) is 1. The van der Waals surface area contributed by atoms with Gasteiger partial charge in [0, 0.05) is 5.39 Å². The van der Waals surface area contributed by atoms with Gasteiger partial charge in [-0.25, -0.2) is 9.78 Å². The summed E-state index contributed by atoms with van der Waals surface area (Å²) in [5.74, 6) is -0.987. The third-order valence-corrected chi connectivity index (χ3v) is 2.77. The van der Waals surface area contributed by atoms with Crippen LogP contribution in [0.2, 0.25) is 0 Å². The lowest BCUT2D eigenvalue weighted by molar-refractivity contribution is 0.0698. The zero-order chi connectivity index (χ0) is 11.9. The minimum atomic E-state index is -1.05. The Morgan fingerprint density at radius 2 is 2.06 bits per heavy atom. The molecular weight excluding hydrogens is 204 g/mol. The maximum atomic E-state index is 10.9. The van der Waals surface area contributed by atoms with Gasteiger partial charge in [0.1, 0.15) is 11.4 Å². The molecule has 0 bridgehead atoms. The third kappa shape index (κ3) is 1.48. The van der Waals surface area contributed by atoms with Crippen molar-refractivity contribution in [1.29, 1.82) is 0 Å². The molecule has 2 rings (SSSR count). The topological polar surface area (TPSA) is 76.2 Å². The normalized spacial score (nSPS) is 10.6. The van der Waals surface area contributed by atoms with Crippen molar-refractivity contribution in [3.05, 3.63) is 34.9 Å². The number of anilines is 1. The predicted molar refractivity (Wildman–Crippen MR) is 62.6 cm³/mol. The summed E-state index contributed by atoms with van der Waals surface area (Å²) in [4.78, 5) is 15.1. The summed E-state index contributed by atoms with van der Waals surface area (Å²) in [6.07, 6.45) is 0. The van der Waals surface area contributed by atoms with Crippen LogP contribution in [-0.4, -0.2) is 16.1 Å². The number of aromatic carboxylic acids is 1. The monoisotopic (exact) mass is 216 g/mol. The Labute approximate surface area is 92.7 Å². The minimum absolute atomic E-state index is 0.0516. The average molecular weight is 216 g/mol. The van der Waals surface area contributed by atoms with E-state index in [1.165, 1.54) is 0 Å². The summed E-state index contributed by atoms with van der Waals surface area (Å²) in [6.45, 7) is 3.93. The lowest BCUT2D eigenvalue weighted by Crippen LogP contribution is -2.05. The van der Waals surface area contributed by atoms with Crippen molar-refractivity contribution >= 4 is 22.7 Å². The number of pyridine rings is 1. The lowest BCUT2D eigenvalue weighted by atomic mass is 10.0. The molecule has 2 aromatic rings. The Balaban J connectivity index is 2.84. The molecule has 16 heavy (non-hydrogen) atoms. The van der Waals surface area contributed by atoms with Gasteiger partial charge in [0.2, 0.25) is 0 Å². The molecule has 3 N–H and O–H groups in total. The largest absolute Gasteiger partial charge is 0.478 e. The number of aryl methyl sites for hydroxylation is 2. The van der Waals surface area contributed by atoms with Gasteiger partial charge >= 0.3 is 5.97 Å². The first kappa shape index (κ1) is 10.4. The van der Waals surface area contributed by atoms with Crippen molar-refractivity contribution in [1.82, 2.24) is 4.98 Å². The highest BCUT2D eigenvalue weighted by Gasteiger charge is 2.12. The maximum absolute atomic E-state index is 10.9. The average Bonchev–Trinajstić information content (AvgIpc) is 2.23. The molecule has 0 saturated heterocycles.